The van der Waals surface area contributed by atoms with Crippen molar-refractivity contribution in [3.05, 3.63) is 76.9 Å². The van der Waals surface area contributed by atoms with Crippen molar-refractivity contribution in [1.82, 2.24) is 15.0 Å². The monoisotopic (exact) mass is 375 g/mol. The molecule has 6 heteroatoms. The fourth-order valence-electron chi connectivity index (χ4n) is 2.98. The number of anilines is 2. The van der Waals surface area contributed by atoms with Crippen LogP contribution in [0.2, 0.25) is 0 Å². The highest BCUT2D eigenvalue weighted by Gasteiger charge is 2.15. The number of nitrogens with zero attached hydrogens (tertiary/aromatic N) is 4. The third kappa shape index (κ3) is 4.71. The standard InChI is InChI=1S/C22H25N5O/c1-15-6-5-7-16(2)20(15)26-21(28)19-14-17(3)24-22(25-19)27(4)13-10-18-8-11-23-12-9-18/h5-9,11-12,14H,10,13H2,1-4H3,(H,26,28). The summed E-state index contributed by atoms with van der Waals surface area (Å²) in [6.07, 6.45) is 4.42. The van der Waals surface area contributed by atoms with E-state index < -0.39 is 0 Å². The average molecular weight is 375 g/mol. The summed E-state index contributed by atoms with van der Waals surface area (Å²) in [5, 5.41) is 2.99. The second-order valence-electron chi connectivity index (χ2n) is 6.94. The third-order valence-corrected chi connectivity index (χ3v) is 4.62. The molecule has 0 unspecified atom stereocenters. The molecule has 2 heterocycles. The molecule has 1 aromatic carbocycles. The zero-order chi connectivity index (χ0) is 20.1. The quantitative estimate of drug-likeness (QED) is 0.711. The first-order chi connectivity index (χ1) is 13.4. The summed E-state index contributed by atoms with van der Waals surface area (Å²) < 4.78 is 0. The molecule has 0 bridgehead atoms. The van der Waals surface area contributed by atoms with Crippen molar-refractivity contribution in [2.45, 2.75) is 27.2 Å². The van der Waals surface area contributed by atoms with Gasteiger partial charge in [-0.1, -0.05) is 18.2 Å². The molecular weight excluding hydrogens is 350 g/mol. The van der Waals surface area contributed by atoms with E-state index in [1.54, 1.807) is 18.5 Å². The highest BCUT2D eigenvalue weighted by atomic mass is 16.1. The normalized spacial score (nSPS) is 10.6. The molecule has 0 fully saturated rings. The van der Waals surface area contributed by atoms with Gasteiger partial charge >= 0.3 is 0 Å². The summed E-state index contributed by atoms with van der Waals surface area (Å²) in [7, 11) is 1.93. The number of rotatable bonds is 6. The average Bonchev–Trinajstić information content (AvgIpc) is 2.69. The molecule has 0 saturated heterocycles. The summed E-state index contributed by atoms with van der Waals surface area (Å²) in [6.45, 7) is 6.57. The van der Waals surface area contributed by atoms with Crippen LogP contribution in [0.15, 0.2) is 48.8 Å². The van der Waals surface area contributed by atoms with Gasteiger partial charge in [0.2, 0.25) is 5.95 Å². The van der Waals surface area contributed by atoms with Crippen molar-refractivity contribution >= 4 is 17.5 Å². The number of carbonyl (C=O) groups excluding carboxylic acids is 1. The van der Waals surface area contributed by atoms with Crippen LogP contribution in [-0.4, -0.2) is 34.5 Å². The van der Waals surface area contributed by atoms with E-state index in [9.17, 15) is 4.79 Å². The highest BCUT2D eigenvalue weighted by Crippen LogP contribution is 2.20. The Morgan fingerprint density at radius 1 is 1.04 bits per heavy atom. The maximum Gasteiger partial charge on any atom is 0.274 e. The van der Waals surface area contributed by atoms with Gasteiger partial charge in [-0.15, -0.1) is 0 Å². The topological polar surface area (TPSA) is 71.0 Å². The minimum atomic E-state index is -0.230. The van der Waals surface area contributed by atoms with Crippen molar-refractivity contribution < 1.29 is 4.79 Å². The first kappa shape index (κ1) is 19.5. The first-order valence-corrected chi connectivity index (χ1v) is 9.27. The molecule has 2 aromatic heterocycles. The first-order valence-electron chi connectivity index (χ1n) is 9.27. The lowest BCUT2D eigenvalue weighted by atomic mass is 10.1. The summed E-state index contributed by atoms with van der Waals surface area (Å²) in [6, 6.07) is 11.6. The van der Waals surface area contributed by atoms with Gasteiger partial charge in [-0.25, -0.2) is 9.97 Å². The number of aryl methyl sites for hydroxylation is 3. The fourth-order valence-corrected chi connectivity index (χ4v) is 2.98. The van der Waals surface area contributed by atoms with Gasteiger partial charge in [0.1, 0.15) is 5.69 Å². The molecule has 0 aliphatic carbocycles. The van der Waals surface area contributed by atoms with E-state index in [4.69, 9.17) is 0 Å². The number of carbonyl (C=O) groups is 1. The van der Waals surface area contributed by atoms with Crippen LogP contribution in [0.5, 0.6) is 0 Å². The maximum atomic E-state index is 12.8. The number of aromatic nitrogens is 3. The minimum Gasteiger partial charge on any atom is -0.344 e. The van der Waals surface area contributed by atoms with Gasteiger partial charge in [-0.05, 0) is 62.1 Å². The molecule has 144 valence electrons. The van der Waals surface area contributed by atoms with E-state index >= 15 is 0 Å². The predicted octanol–water partition coefficient (Wildman–Crippen LogP) is 3.73. The lowest BCUT2D eigenvalue weighted by Gasteiger charge is -2.18. The van der Waals surface area contributed by atoms with Crippen molar-refractivity contribution in [2.75, 3.05) is 23.8 Å². The molecule has 0 aliphatic rings. The largest absolute Gasteiger partial charge is 0.344 e. The molecule has 3 rings (SSSR count). The van der Waals surface area contributed by atoms with Crippen LogP contribution in [-0.2, 0) is 6.42 Å². The fraction of sp³-hybridized carbons (Fsp3) is 0.273. The molecule has 6 nitrogen and oxygen atoms in total. The van der Waals surface area contributed by atoms with Crippen LogP contribution >= 0.6 is 0 Å². The summed E-state index contributed by atoms with van der Waals surface area (Å²) in [4.78, 5) is 27.8. The van der Waals surface area contributed by atoms with E-state index in [0.29, 0.717) is 11.6 Å². The third-order valence-electron chi connectivity index (χ3n) is 4.62. The van der Waals surface area contributed by atoms with E-state index in [-0.39, 0.29) is 5.91 Å². The molecule has 1 N–H and O–H groups in total. The predicted molar refractivity (Wildman–Crippen MR) is 112 cm³/mol. The van der Waals surface area contributed by atoms with Gasteiger partial charge in [0, 0.05) is 37.4 Å². The molecule has 0 radical (unpaired) electrons. The number of benzene rings is 1. The number of nitrogens with one attached hydrogen (secondary N) is 1. The highest BCUT2D eigenvalue weighted by molar-refractivity contribution is 6.03. The zero-order valence-corrected chi connectivity index (χ0v) is 16.7. The molecule has 1 amide bonds. The molecule has 0 atom stereocenters. The molecule has 0 saturated carbocycles. The summed E-state index contributed by atoms with van der Waals surface area (Å²) in [5.41, 5.74) is 5.19. The van der Waals surface area contributed by atoms with E-state index in [2.05, 4.69) is 20.3 Å². The number of para-hydroxylation sites is 1. The number of hydrogen-bond acceptors (Lipinski definition) is 5. The minimum absolute atomic E-state index is 0.230. The van der Waals surface area contributed by atoms with Gasteiger partial charge in [-0.3, -0.25) is 9.78 Å². The number of hydrogen-bond donors (Lipinski definition) is 1. The van der Waals surface area contributed by atoms with Crippen LogP contribution in [0.25, 0.3) is 0 Å². The molecule has 3 aromatic rings. The molecule has 0 aliphatic heterocycles. The van der Waals surface area contributed by atoms with Crippen LogP contribution in [0.1, 0.15) is 32.9 Å². The molecular formula is C22H25N5O. The number of pyridine rings is 1. The Kier molecular flexibility index (Phi) is 5.99. The maximum absolute atomic E-state index is 12.8. The Labute approximate surface area is 165 Å². The summed E-state index contributed by atoms with van der Waals surface area (Å²) in [5.74, 6) is 0.312. The lowest BCUT2D eigenvalue weighted by Crippen LogP contribution is -2.25. The van der Waals surface area contributed by atoms with Crippen LogP contribution < -0.4 is 10.2 Å². The SMILES string of the molecule is Cc1cc(C(=O)Nc2c(C)cccc2C)nc(N(C)CCc2ccncc2)n1. The van der Waals surface area contributed by atoms with Gasteiger partial charge in [0.05, 0.1) is 0 Å². The van der Waals surface area contributed by atoms with Crippen LogP contribution in [0.4, 0.5) is 11.6 Å². The second kappa shape index (κ2) is 8.61. The van der Waals surface area contributed by atoms with E-state index in [1.165, 1.54) is 5.56 Å². The Hall–Kier alpha value is -3.28. The van der Waals surface area contributed by atoms with Gasteiger partial charge < -0.3 is 10.2 Å². The number of amides is 1. The van der Waals surface area contributed by atoms with Gasteiger partial charge in [0.25, 0.3) is 5.91 Å². The van der Waals surface area contributed by atoms with Gasteiger partial charge in [0.15, 0.2) is 0 Å². The lowest BCUT2D eigenvalue weighted by molar-refractivity contribution is 0.102. The molecule has 28 heavy (non-hydrogen) atoms. The number of likely N-dealkylation sites (N-methyl/N-ethyl adjacent to an activating group) is 1. The Morgan fingerprint density at radius 3 is 2.39 bits per heavy atom. The van der Waals surface area contributed by atoms with E-state index in [0.717, 1.165) is 35.5 Å². The Bertz CT molecular complexity index is 952. The Morgan fingerprint density at radius 2 is 1.71 bits per heavy atom. The molecule has 0 spiro atoms. The van der Waals surface area contributed by atoms with Crippen molar-refractivity contribution in [3.63, 3.8) is 0 Å². The van der Waals surface area contributed by atoms with E-state index in [1.807, 2.05) is 63.1 Å². The van der Waals surface area contributed by atoms with Crippen molar-refractivity contribution in [2.24, 2.45) is 0 Å². The van der Waals surface area contributed by atoms with Gasteiger partial charge in [-0.2, -0.15) is 0 Å². The Balaban J connectivity index is 1.76. The summed E-state index contributed by atoms with van der Waals surface area (Å²) >= 11 is 0. The zero-order valence-electron chi connectivity index (χ0n) is 16.7. The van der Waals surface area contributed by atoms with Crippen LogP contribution in [0, 0.1) is 20.8 Å². The van der Waals surface area contributed by atoms with Crippen molar-refractivity contribution in [1.29, 1.82) is 0 Å². The van der Waals surface area contributed by atoms with Crippen LogP contribution in [0.3, 0.4) is 0 Å². The van der Waals surface area contributed by atoms with Crippen molar-refractivity contribution in [3.8, 4) is 0 Å². The smallest absolute Gasteiger partial charge is 0.274 e. The second-order valence-corrected chi connectivity index (χ2v) is 6.94.